The van der Waals surface area contributed by atoms with Crippen molar-refractivity contribution in [2.75, 3.05) is 6.54 Å². The van der Waals surface area contributed by atoms with E-state index in [-0.39, 0.29) is 35.5 Å². The maximum atomic E-state index is 12.3. The van der Waals surface area contributed by atoms with Gasteiger partial charge in [-0.1, -0.05) is 32.0 Å². The fourth-order valence-electron chi connectivity index (χ4n) is 2.15. The molecule has 0 radical (unpaired) electrons. The summed E-state index contributed by atoms with van der Waals surface area (Å²) in [5.74, 6) is 1.01. The SMILES string of the molecule is CC(C)C(Sc1ccccc1)C(=O)NCC(N)C1CC1.Cl. The fraction of sp³-hybridized carbons (Fsp3) is 0.562. The minimum Gasteiger partial charge on any atom is -0.354 e. The number of hydrogen-bond donors (Lipinski definition) is 2. The lowest BCUT2D eigenvalue weighted by atomic mass is 10.1. The molecule has 5 heteroatoms. The largest absolute Gasteiger partial charge is 0.354 e. The van der Waals surface area contributed by atoms with Gasteiger partial charge in [0.1, 0.15) is 0 Å². The van der Waals surface area contributed by atoms with E-state index in [1.165, 1.54) is 12.8 Å². The molecule has 0 aromatic heterocycles. The first-order valence-corrected chi connectivity index (χ1v) is 8.21. The number of nitrogens with two attached hydrogens (primary N) is 1. The molecule has 2 unspecified atom stereocenters. The molecule has 2 rings (SSSR count). The predicted molar refractivity (Wildman–Crippen MR) is 91.9 cm³/mol. The molecule has 1 aromatic rings. The van der Waals surface area contributed by atoms with E-state index in [1.807, 2.05) is 30.3 Å². The Hall–Kier alpha value is -0.710. The van der Waals surface area contributed by atoms with E-state index < -0.39 is 0 Å². The van der Waals surface area contributed by atoms with Gasteiger partial charge in [0.05, 0.1) is 5.25 Å². The quantitative estimate of drug-likeness (QED) is 0.756. The molecular formula is C16H25ClN2OS. The number of thioether (sulfide) groups is 1. The lowest BCUT2D eigenvalue weighted by Gasteiger charge is -2.21. The zero-order chi connectivity index (χ0) is 14.5. The average molecular weight is 329 g/mol. The van der Waals surface area contributed by atoms with Crippen LogP contribution < -0.4 is 11.1 Å². The van der Waals surface area contributed by atoms with Crippen molar-refractivity contribution in [2.24, 2.45) is 17.6 Å². The number of carbonyl (C=O) groups is 1. The molecule has 1 aliphatic carbocycles. The minimum absolute atomic E-state index is 0. The highest BCUT2D eigenvalue weighted by Crippen LogP contribution is 2.31. The molecule has 118 valence electrons. The highest BCUT2D eigenvalue weighted by Gasteiger charge is 2.30. The van der Waals surface area contributed by atoms with E-state index in [0.717, 1.165) is 4.90 Å². The second kappa shape index (κ2) is 8.66. The predicted octanol–water partition coefficient (Wildman–Crippen LogP) is 3.08. The first kappa shape index (κ1) is 18.3. The fourth-order valence-corrected chi connectivity index (χ4v) is 3.22. The summed E-state index contributed by atoms with van der Waals surface area (Å²) in [6.45, 7) is 4.77. The smallest absolute Gasteiger partial charge is 0.233 e. The Morgan fingerprint density at radius 3 is 2.48 bits per heavy atom. The summed E-state index contributed by atoms with van der Waals surface area (Å²) in [6, 6.07) is 10.2. The molecule has 0 aliphatic heterocycles. The van der Waals surface area contributed by atoms with Crippen molar-refractivity contribution in [1.29, 1.82) is 0 Å². The van der Waals surface area contributed by atoms with Crippen LogP contribution in [0.25, 0.3) is 0 Å². The Labute approximate surface area is 137 Å². The van der Waals surface area contributed by atoms with Gasteiger partial charge < -0.3 is 11.1 Å². The van der Waals surface area contributed by atoms with E-state index in [9.17, 15) is 4.79 Å². The average Bonchev–Trinajstić information content (AvgIpc) is 3.27. The van der Waals surface area contributed by atoms with E-state index in [4.69, 9.17) is 5.73 Å². The van der Waals surface area contributed by atoms with Crippen molar-refractivity contribution in [1.82, 2.24) is 5.32 Å². The third kappa shape index (κ3) is 5.89. The first-order chi connectivity index (χ1) is 9.58. The van der Waals surface area contributed by atoms with Crippen LogP contribution in [-0.2, 0) is 4.79 Å². The molecule has 0 heterocycles. The Bertz CT molecular complexity index is 437. The van der Waals surface area contributed by atoms with Crippen LogP contribution in [0.3, 0.4) is 0 Å². The number of carbonyl (C=O) groups excluding carboxylic acids is 1. The van der Waals surface area contributed by atoms with Crippen LogP contribution in [0, 0.1) is 11.8 Å². The van der Waals surface area contributed by atoms with E-state index >= 15 is 0 Å². The number of benzene rings is 1. The summed E-state index contributed by atoms with van der Waals surface area (Å²) in [5, 5.41) is 2.95. The molecular weight excluding hydrogens is 304 g/mol. The molecule has 3 nitrogen and oxygen atoms in total. The van der Waals surface area contributed by atoms with E-state index in [1.54, 1.807) is 11.8 Å². The van der Waals surface area contributed by atoms with Crippen LogP contribution >= 0.6 is 24.2 Å². The summed E-state index contributed by atoms with van der Waals surface area (Å²) < 4.78 is 0. The van der Waals surface area contributed by atoms with Crippen molar-refractivity contribution in [3.05, 3.63) is 30.3 Å². The lowest BCUT2D eigenvalue weighted by molar-refractivity contribution is -0.121. The first-order valence-electron chi connectivity index (χ1n) is 7.33. The van der Waals surface area contributed by atoms with Gasteiger partial charge in [-0.2, -0.15) is 0 Å². The van der Waals surface area contributed by atoms with Crippen molar-refractivity contribution in [2.45, 2.75) is 42.9 Å². The molecule has 1 saturated carbocycles. The number of nitrogens with one attached hydrogen (secondary N) is 1. The summed E-state index contributed by atoms with van der Waals surface area (Å²) in [7, 11) is 0. The Kier molecular flexibility index (Phi) is 7.57. The lowest BCUT2D eigenvalue weighted by Crippen LogP contribution is -2.43. The number of amides is 1. The van der Waals surface area contributed by atoms with Gasteiger partial charge in [0.2, 0.25) is 5.91 Å². The second-order valence-corrected chi connectivity index (χ2v) is 7.06. The van der Waals surface area contributed by atoms with Gasteiger partial charge >= 0.3 is 0 Å². The van der Waals surface area contributed by atoms with Crippen molar-refractivity contribution < 1.29 is 4.79 Å². The Morgan fingerprint density at radius 2 is 1.95 bits per heavy atom. The maximum absolute atomic E-state index is 12.3. The Morgan fingerprint density at radius 1 is 1.33 bits per heavy atom. The number of rotatable bonds is 7. The number of halogens is 1. The van der Waals surface area contributed by atoms with E-state index in [0.29, 0.717) is 12.5 Å². The van der Waals surface area contributed by atoms with Gasteiger partial charge in [-0.15, -0.1) is 24.2 Å². The zero-order valence-corrected chi connectivity index (χ0v) is 14.3. The van der Waals surface area contributed by atoms with Gasteiger partial charge in [-0.05, 0) is 36.8 Å². The molecule has 0 spiro atoms. The molecule has 0 saturated heterocycles. The van der Waals surface area contributed by atoms with Gasteiger partial charge in [-0.25, -0.2) is 0 Å². The highest BCUT2D eigenvalue weighted by atomic mass is 35.5. The summed E-state index contributed by atoms with van der Waals surface area (Å²) in [6.07, 6.45) is 2.42. The summed E-state index contributed by atoms with van der Waals surface area (Å²) >= 11 is 1.63. The van der Waals surface area contributed by atoms with E-state index in [2.05, 4.69) is 19.2 Å². The van der Waals surface area contributed by atoms with Crippen LogP contribution in [0.15, 0.2) is 35.2 Å². The van der Waals surface area contributed by atoms with Gasteiger partial charge in [-0.3, -0.25) is 4.79 Å². The second-order valence-electron chi connectivity index (χ2n) is 5.84. The Balaban J connectivity index is 0.00000220. The molecule has 1 aliphatic rings. The highest BCUT2D eigenvalue weighted by molar-refractivity contribution is 8.00. The van der Waals surface area contributed by atoms with Crippen molar-refractivity contribution >= 4 is 30.1 Å². The third-order valence-electron chi connectivity index (χ3n) is 3.61. The molecule has 0 bridgehead atoms. The van der Waals surface area contributed by atoms with Crippen LogP contribution in [0.4, 0.5) is 0 Å². The van der Waals surface area contributed by atoms with Crippen molar-refractivity contribution in [3.63, 3.8) is 0 Å². The minimum atomic E-state index is -0.0659. The van der Waals surface area contributed by atoms with Crippen LogP contribution in [-0.4, -0.2) is 23.7 Å². The summed E-state index contributed by atoms with van der Waals surface area (Å²) in [5.41, 5.74) is 6.03. The molecule has 2 atom stereocenters. The number of hydrogen-bond acceptors (Lipinski definition) is 3. The third-order valence-corrected chi connectivity index (χ3v) is 5.17. The van der Waals surface area contributed by atoms with Crippen LogP contribution in [0.5, 0.6) is 0 Å². The standard InChI is InChI=1S/C16H24N2OS.ClH/c1-11(2)15(20-13-6-4-3-5-7-13)16(19)18-10-14(17)12-8-9-12;/h3-7,11-12,14-15H,8-10,17H2,1-2H3,(H,18,19);1H. The van der Waals surface area contributed by atoms with Crippen molar-refractivity contribution in [3.8, 4) is 0 Å². The molecule has 3 N–H and O–H groups in total. The topological polar surface area (TPSA) is 55.1 Å². The molecule has 1 aromatic carbocycles. The van der Waals surface area contributed by atoms with Gasteiger partial charge in [0.25, 0.3) is 0 Å². The van der Waals surface area contributed by atoms with Gasteiger partial charge in [0, 0.05) is 17.5 Å². The molecule has 21 heavy (non-hydrogen) atoms. The van der Waals surface area contributed by atoms with Crippen LogP contribution in [0.1, 0.15) is 26.7 Å². The molecule has 1 fully saturated rings. The van der Waals surface area contributed by atoms with Crippen LogP contribution in [0.2, 0.25) is 0 Å². The monoisotopic (exact) mass is 328 g/mol. The molecule has 1 amide bonds. The summed E-state index contributed by atoms with van der Waals surface area (Å²) in [4.78, 5) is 13.5. The van der Waals surface area contributed by atoms with Gasteiger partial charge in [0.15, 0.2) is 0 Å². The normalized spacial score (nSPS) is 17.0. The maximum Gasteiger partial charge on any atom is 0.233 e. The zero-order valence-electron chi connectivity index (χ0n) is 12.6.